The summed E-state index contributed by atoms with van der Waals surface area (Å²) in [4.78, 5) is 3.97. The molecule has 0 aliphatic heterocycles. The molecule has 0 aliphatic rings. The maximum absolute atomic E-state index is 11.3. The molecule has 0 aromatic carbocycles. The lowest BCUT2D eigenvalue weighted by atomic mass is 10.0. The first-order valence-corrected chi connectivity index (χ1v) is 6.43. The Hall–Kier alpha value is -1.65. The van der Waals surface area contributed by atoms with Crippen LogP contribution in [0.1, 0.15) is 24.2 Å². The lowest BCUT2D eigenvalue weighted by molar-refractivity contribution is -0.910. The van der Waals surface area contributed by atoms with E-state index in [1.54, 1.807) is 13.8 Å². The van der Waals surface area contributed by atoms with E-state index in [-0.39, 0.29) is 5.69 Å². The minimum Gasteiger partial charge on any atom is -0.285 e. The van der Waals surface area contributed by atoms with Crippen LogP contribution in [-0.4, -0.2) is 23.9 Å². The first-order chi connectivity index (χ1) is 7.77. The van der Waals surface area contributed by atoms with Gasteiger partial charge in [-0.3, -0.25) is 5.21 Å². The van der Waals surface area contributed by atoms with Gasteiger partial charge in [0.15, 0.2) is 0 Å². The van der Waals surface area contributed by atoms with Gasteiger partial charge >= 0.3 is 0 Å². The van der Waals surface area contributed by atoms with Gasteiger partial charge in [-0.2, -0.15) is 0 Å². The fourth-order valence-electron chi connectivity index (χ4n) is 1.52. The van der Waals surface area contributed by atoms with Gasteiger partial charge in [0.1, 0.15) is 10.9 Å². The van der Waals surface area contributed by atoms with Crippen molar-refractivity contribution in [3.63, 3.8) is 0 Å². The van der Waals surface area contributed by atoms with Crippen molar-refractivity contribution in [2.24, 2.45) is 5.14 Å². The van der Waals surface area contributed by atoms with Crippen LogP contribution in [-0.2, 0) is 10.0 Å². The molecule has 7 heteroatoms. The first kappa shape index (κ1) is 13.4. The second kappa shape index (κ2) is 4.69. The number of hydrogen-bond donors (Lipinski definition) is 2. The molecule has 1 aromatic heterocycles. The summed E-state index contributed by atoms with van der Waals surface area (Å²) >= 11 is 0. The number of rotatable bonds is 3. The summed E-state index contributed by atoms with van der Waals surface area (Å²) in [5.74, 6) is 1.46. The topological polar surface area (TPSA) is 97.2 Å². The number of terminal acetylenes is 1. The number of nitrogens with zero attached hydrogens (tertiary/aromatic N) is 2. The van der Waals surface area contributed by atoms with Crippen LogP contribution in [0.5, 0.6) is 0 Å². The minimum atomic E-state index is -3.88. The third kappa shape index (κ3) is 2.93. The summed E-state index contributed by atoms with van der Waals surface area (Å²) in [7, 11) is -3.88. The van der Waals surface area contributed by atoms with Gasteiger partial charge in [0.05, 0.1) is 12.1 Å². The molecule has 17 heavy (non-hydrogen) atoms. The van der Waals surface area contributed by atoms with Gasteiger partial charge < -0.3 is 0 Å². The van der Waals surface area contributed by atoms with Crippen molar-refractivity contribution in [3.8, 4) is 12.3 Å². The number of hydrogen-bond acceptors (Lipinski definition) is 4. The van der Waals surface area contributed by atoms with E-state index >= 15 is 0 Å². The Kier molecular flexibility index (Phi) is 3.70. The van der Waals surface area contributed by atoms with Crippen molar-refractivity contribution in [3.05, 3.63) is 23.8 Å². The standard InChI is InChI=1S/C10H14N3O3S/c1-4-10(17(11,15)16)8(3)9-5-12-7(2)6-13(9)14/h1,5-6,8,10H,2-3H3,(H,12,14)(H2,11,15,16)/q+1/t8-,10+/m0/s1. The Morgan fingerprint density at radius 2 is 2.24 bits per heavy atom. The zero-order valence-corrected chi connectivity index (χ0v) is 10.3. The van der Waals surface area contributed by atoms with Crippen LogP contribution in [0.2, 0.25) is 0 Å². The number of aryl methyl sites for hydroxylation is 1. The van der Waals surface area contributed by atoms with E-state index in [1.807, 2.05) is 0 Å². The van der Waals surface area contributed by atoms with E-state index in [0.29, 0.717) is 5.69 Å². The number of aromatic nitrogens is 2. The summed E-state index contributed by atoms with van der Waals surface area (Å²) in [6.45, 7) is 3.26. The zero-order chi connectivity index (χ0) is 13.2. The third-order valence-electron chi connectivity index (χ3n) is 2.41. The Morgan fingerprint density at radius 3 is 2.65 bits per heavy atom. The van der Waals surface area contributed by atoms with Crippen LogP contribution in [0.4, 0.5) is 0 Å². The van der Waals surface area contributed by atoms with Crippen LogP contribution >= 0.6 is 0 Å². The second-order valence-corrected chi connectivity index (χ2v) is 5.45. The highest BCUT2D eigenvalue weighted by Crippen LogP contribution is 2.19. The molecule has 0 bridgehead atoms. The molecule has 0 saturated heterocycles. The normalized spacial score (nSPS) is 14.9. The quantitative estimate of drug-likeness (QED) is 0.425. The van der Waals surface area contributed by atoms with Crippen molar-refractivity contribution in [1.82, 2.24) is 4.98 Å². The molecule has 0 saturated carbocycles. The lowest BCUT2D eigenvalue weighted by Gasteiger charge is -2.13. The van der Waals surface area contributed by atoms with E-state index in [4.69, 9.17) is 11.6 Å². The molecule has 0 radical (unpaired) electrons. The molecule has 3 N–H and O–H groups in total. The smallest absolute Gasteiger partial charge is 0.257 e. The molecule has 2 atom stereocenters. The lowest BCUT2D eigenvalue weighted by Crippen LogP contribution is -2.41. The average Bonchev–Trinajstić information content (AvgIpc) is 2.15. The molecule has 92 valence electrons. The zero-order valence-electron chi connectivity index (χ0n) is 9.53. The maximum Gasteiger partial charge on any atom is 0.257 e. The maximum atomic E-state index is 11.3. The molecule has 6 nitrogen and oxygen atoms in total. The Labute approximate surface area is 100 Å². The average molecular weight is 256 g/mol. The van der Waals surface area contributed by atoms with Gasteiger partial charge in [-0.15, -0.1) is 6.42 Å². The summed E-state index contributed by atoms with van der Waals surface area (Å²) in [5, 5.41) is 13.5. The van der Waals surface area contributed by atoms with Crippen molar-refractivity contribution in [1.29, 1.82) is 0 Å². The van der Waals surface area contributed by atoms with Gasteiger partial charge in [-0.05, 0) is 6.92 Å². The molecule has 0 unspecified atom stereocenters. The molecule has 0 amide bonds. The second-order valence-electron chi connectivity index (χ2n) is 3.76. The largest absolute Gasteiger partial charge is 0.285 e. The Bertz CT molecular complexity index is 563. The number of primary sulfonamides is 1. The molecular formula is C10H14N3O3S+. The van der Waals surface area contributed by atoms with Crippen LogP contribution in [0.3, 0.4) is 0 Å². The molecule has 0 fully saturated rings. The number of sulfonamides is 1. The van der Waals surface area contributed by atoms with Crippen molar-refractivity contribution < 1.29 is 18.4 Å². The van der Waals surface area contributed by atoms with E-state index < -0.39 is 21.2 Å². The van der Waals surface area contributed by atoms with Crippen LogP contribution in [0.25, 0.3) is 0 Å². The third-order valence-corrected chi connectivity index (χ3v) is 3.67. The van der Waals surface area contributed by atoms with E-state index in [0.717, 1.165) is 4.73 Å². The predicted octanol–water partition coefficient (Wildman–Crippen LogP) is -0.691. The molecule has 1 aromatic rings. The number of nitrogens with two attached hydrogens (primary N) is 1. The van der Waals surface area contributed by atoms with Crippen LogP contribution < -0.4 is 9.87 Å². The highest BCUT2D eigenvalue weighted by atomic mass is 32.2. The monoisotopic (exact) mass is 256 g/mol. The Morgan fingerprint density at radius 1 is 1.65 bits per heavy atom. The predicted molar refractivity (Wildman–Crippen MR) is 60.5 cm³/mol. The van der Waals surface area contributed by atoms with Gasteiger partial charge in [-0.1, -0.05) is 12.8 Å². The summed E-state index contributed by atoms with van der Waals surface area (Å²) in [6.07, 6.45) is 7.89. The SMILES string of the molecule is C#C[C@H]([C@@H](C)c1cnc(C)c[n+]1O)S(N)(=O)=O. The van der Waals surface area contributed by atoms with Crippen molar-refractivity contribution in [2.45, 2.75) is 25.0 Å². The van der Waals surface area contributed by atoms with Gasteiger partial charge in [0.2, 0.25) is 16.2 Å². The van der Waals surface area contributed by atoms with Gasteiger partial charge in [0.25, 0.3) is 5.69 Å². The molecule has 0 spiro atoms. The molecule has 0 aliphatic carbocycles. The van der Waals surface area contributed by atoms with Crippen molar-refractivity contribution >= 4 is 10.0 Å². The summed E-state index contributed by atoms with van der Waals surface area (Å²) < 4.78 is 23.4. The summed E-state index contributed by atoms with van der Waals surface area (Å²) in [5.41, 5.74) is 0.879. The molecular weight excluding hydrogens is 242 g/mol. The highest BCUT2D eigenvalue weighted by Gasteiger charge is 2.33. The van der Waals surface area contributed by atoms with Crippen molar-refractivity contribution in [2.75, 3.05) is 0 Å². The highest BCUT2D eigenvalue weighted by molar-refractivity contribution is 7.90. The molecule has 1 rings (SSSR count). The van der Waals surface area contributed by atoms with E-state index in [2.05, 4.69) is 10.9 Å². The van der Waals surface area contributed by atoms with Gasteiger partial charge in [-0.25, -0.2) is 18.5 Å². The fraction of sp³-hybridized carbons (Fsp3) is 0.400. The van der Waals surface area contributed by atoms with Crippen LogP contribution in [0, 0.1) is 19.3 Å². The minimum absolute atomic E-state index is 0.285. The summed E-state index contributed by atoms with van der Waals surface area (Å²) in [6, 6.07) is 0. The molecule has 1 heterocycles. The Balaban J connectivity index is 3.21. The van der Waals surface area contributed by atoms with Crippen LogP contribution in [0.15, 0.2) is 12.4 Å². The van der Waals surface area contributed by atoms with E-state index in [1.165, 1.54) is 12.4 Å². The van der Waals surface area contributed by atoms with E-state index in [9.17, 15) is 13.6 Å². The first-order valence-electron chi connectivity index (χ1n) is 4.82. The fourth-order valence-corrected chi connectivity index (χ4v) is 2.42. The van der Waals surface area contributed by atoms with Gasteiger partial charge in [0, 0.05) is 4.73 Å².